The summed E-state index contributed by atoms with van der Waals surface area (Å²) in [5.74, 6) is 0. The molecule has 0 aromatic heterocycles. The van der Waals surface area contributed by atoms with Gasteiger partial charge in [-0.25, -0.2) is 0 Å². The minimum atomic E-state index is 0.173. The van der Waals surface area contributed by atoms with E-state index in [4.69, 9.17) is 10.5 Å². The lowest BCUT2D eigenvalue weighted by molar-refractivity contribution is 1.44. The van der Waals surface area contributed by atoms with Crippen LogP contribution in [0.2, 0.25) is 0 Å². The summed E-state index contributed by atoms with van der Waals surface area (Å²) in [4.78, 5) is 0. The molecule has 1 aromatic rings. The number of rotatable bonds is 1. The Balaban J connectivity index is 3.27. The van der Waals surface area contributed by atoms with Gasteiger partial charge in [0.1, 0.15) is 17.7 Å². The van der Waals surface area contributed by atoms with Crippen LogP contribution in [-0.2, 0) is 0 Å². The monoisotopic (exact) mass is 294 g/mol. The molecule has 0 amide bonds. The van der Waals surface area contributed by atoms with E-state index < -0.39 is 0 Å². The molecule has 14 heavy (non-hydrogen) atoms. The Kier molecular flexibility index (Phi) is 3.67. The maximum atomic E-state index is 8.69. The number of halogens is 1. The van der Waals surface area contributed by atoms with E-state index in [1.54, 1.807) is 6.92 Å². The fourth-order valence-corrected chi connectivity index (χ4v) is 1.60. The Morgan fingerprint density at radius 3 is 2.43 bits per heavy atom. The summed E-state index contributed by atoms with van der Waals surface area (Å²) in [7, 11) is 0. The van der Waals surface area contributed by atoms with Crippen LogP contribution in [0.1, 0.15) is 12.5 Å². The summed E-state index contributed by atoms with van der Waals surface area (Å²) >= 11 is 2.20. The van der Waals surface area contributed by atoms with Gasteiger partial charge in [0.25, 0.3) is 0 Å². The molecule has 1 aromatic carbocycles. The maximum Gasteiger partial charge on any atom is 0.133 e. The standard InChI is InChI=1S/C11H7IN2/c1-8(10(6-13)7-14)9-3-2-4-11(12)5-9/h2-5H,1H3. The second-order valence-electron chi connectivity index (χ2n) is 2.73. The predicted molar refractivity (Wildman–Crippen MR) is 63.0 cm³/mol. The van der Waals surface area contributed by atoms with Crippen molar-refractivity contribution in [2.24, 2.45) is 0 Å². The molecule has 0 aliphatic carbocycles. The summed E-state index contributed by atoms with van der Waals surface area (Å²) in [6, 6.07) is 11.5. The third kappa shape index (κ3) is 2.34. The van der Waals surface area contributed by atoms with E-state index in [0.717, 1.165) is 14.7 Å². The quantitative estimate of drug-likeness (QED) is 0.590. The number of hydrogen-bond acceptors (Lipinski definition) is 2. The second kappa shape index (κ2) is 4.78. The zero-order chi connectivity index (χ0) is 10.6. The van der Waals surface area contributed by atoms with Crippen LogP contribution in [0.3, 0.4) is 0 Å². The van der Waals surface area contributed by atoms with Crippen LogP contribution in [0.25, 0.3) is 5.57 Å². The molecule has 0 radical (unpaired) electrons. The van der Waals surface area contributed by atoms with Gasteiger partial charge in [0.15, 0.2) is 0 Å². The van der Waals surface area contributed by atoms with Crippen molar-refractivity contribution in [2.45, 2.75) is 6.92 Å². The lowest BCUT2D eigenvalue weighted by Gasteiger charge is -2.01. The smallest absolute Gasteiger partial charge is 0.133 e. The van der Waals surface area contributed by atoms with Crippen molar-refractivity contribution in [3.05, 3.63) is 39.0 Å². The SMILES string of the molecule is CC(=C(C#N)C#N)c1cccc(I)c1. The van der Waals surface area contributed by atoms with E-state index >= 15 is 0 Å². The molecule has 3 heteroatoms. The van der Waals surface area contributed by atoms with Crippen molar-refractivity contribution in [2.75, 3.05) is 0 Å². The van der Waals surface area contributed by atoms with E-state index in [0.29, 0.717) is 0 Å². The average Bonchev–Trinajstić information content (AvgIpc) is 2.19. The molecule has 0 saturated carbocycles. The second-order valence-corrected chi connectivity index (χ2v) is 3.98. The first-order chi connectivity index (χ1) is 6.69. The first-order valence-corrected chi connectivity index (χ1v) is 5.04. The van der Waals surface area contributed by atoms with Gasteiger partial charge in [-0.3, -0.25) is 0 Å². The van der Waals surface area contributed by atoms with Gasteiger partial charge in [0, 0.05) is 3.57 Å². The van der Waals surface area contributed by atoms with Crippen LogP contribution < -0.4 is 0 Å². The Hall–Kier alpha value is -1.33. The Bertz CT molecular complexity index is 445. The van der Waals surface area contributed by atoms with Gasteiger partial charge < -0.3 is 0 Å². The highest BCUT2D eigenvalue weighted by Gasteiger charge is 2.03. The van der Waals surface area contributed by atoms with Gasteiger partial charge in [0.05, 0.1) is 0 Å². The highest BCUT2D eigenvalue weighted by Crippen LogP contribution is 2.19. The zero-order valence-corrected chi connectivity index (χ0v) is 9.74. The number of hydrogen-bond donors (Lipinski definition) is 0. The van der Waals surface area contributed by atoms with Gasteiger partial charge in [-0.05, 0) is 52.8 Å². The van der Waals surface area contributed by atoms with Gasteiger partial charge in [-0.2, -0.15) is 10.5 Å². The molecule has 0 N–H and O–H groups in total. The van der Waals surface area contributed by atoms with Crippen molar-refractivity contribution >= 4 is 28.2 Å². The normalized spacial score (nSPS) is 8.57. The van der Waals surface area contributed by atoms with E-state index in [2.05, 4.69) is 22.6 Å². The maximum absolute atomic E-state index is 8.69. The first-order valence-electron chi connectivity index (χ1n) is 3.96. The van der Waals surface area contributed by atoms with Gasteiger partial charge in [-0.15, -0.1) is 0 Å². The van der Waals surface area contributed by atoms with Crippen molar-refractivity contribution in [1.82, 2.24) is 0 Å². The minimum Gasteiger partial charge on any atom is -0.192 e. The molecule has 0 bridgehead atoms. The highest BCUT2D eigenvalue weighted by atomic mass is 127. The molecular weight excluding hydrogens is 287 g/mol. The summed E-state index contributed by atoms with van der Waals surface area (Å²) in [5.41, 5.74) is 1.83. The van der Waals surface area contributed by atoms with Gasteiger partial charge >= 0.3 is 0 Å². The fourth-order valence-electron chi connectivity index (χ4n) is 1.06. The predicted octanol–water partition coefficient (Wildman–Crippen LogP) is 3.11. The zero-order valence-electron chi connectivity index (χ0n) is 7.58. The van der Waals surface area contributed by atoms with Crippen molar-refractivity contribution in [3.8, 4) is 12.1 Å². The molecule has 0 aliphatic rings. The van der Waals surface area contributed by atoms with Crippen molar-refractivity contribution in [3.63, 3.8) is 0 Å². The molecule has 0 fully saturated rings. The van der Waals surface area contributed by atoms with Crippen LogP contribution in [0.15, 0.2) is 29.8 Å². The van der Waals surface area contributed by atoms with Crippen LogP contribution >= 0.6 is 22.6 Å². The molecule has 0 spiro atoms. The number of benzene rings is 1. The van der Waals surface area contributed by atoms with Gasteiger partial charge in [0.2, 0.25) is 0 Å². The van der Waals surface area contributed by atoms with E-state index in [1.807, 2.05) is 36.4 Å². The van der Waals surface area contributed by atoms with Crippen LogP contribution in [0.4, 0.5) is 0 Å². The molecule has 0 saturated heterocycles. The minimum absolute atomic E-state index is 0.173. The summed E-state index contributed by atoms with van der Waals surface area (Å²) in [5, 5.41) is 17.4. The lowest BCUT2D eigenvalue weighted by atomic mass is 10.0. The number of nitriles is 2. The summed E-state index contributed by atoms with van der Waals surface area (Å²) in [6.07, 6.45) is 0. The van der Waals surface area contributed by atoms with E-state index in [-0.39, 0.29) is 5.57 Å². The number of nitrogens with zero attached hydrogens (tertiary/aromatic N) is 2. The largest absolute Gasteiger partial charge is 0.192 e. The topological polar surface area (TPSA) is 47.6 Å². The fraction of sp³-hybridized carbons (Fsp3) is 0.0909. The summed E-state index contributed by atoms with van der Waals surface area (Å²) in [6.45, 7) is 1.78. The molecule has 1 rings (SSSR count). The molecule has 2 nitrogen and oxygen atoms in total. The first kappa shape index (κ1) is 10.7. The highest BCUT2D eigenvalue weighted by molar-refractivity contribution is 14.1. The Morgan fingerprint density at radius 2 is 1.93 bits per heavy atom. The van der Waals surface area contributed by atoms with Gasteiger partial charge in [-0.1, -0.05) is 12.1 Å². The molecule has 68 valence electrons. The Morgan fingerprint density at radius 1 is 1.29 bits per heavy atom. The lowest BCUT2D eigenvalue weighted by Crippen LogP contribution is -1.85. The van der Waals surface area contributed by atoms with Crippen molar-refractivity contribution < 1.29 is 0 Å². The molecule has 0 atom stereocenters. The van der Waals surface area contributed by atoms with Crippen LogP contribution in [-0.4, -0.2) is 0 Å². The summed E-state index contributed by atoms with van der Waals surface area (Å²) < 4.78 is 1.09. The molecule has 0 aliphatic heterocycles. The van der Waals surface area contributed by atoms with E-state index in [9.17, 15) is 0 Å². The Labute approximate surface area is 96.6 Å². The molecular formula is C11H7IN2. The van der Waals surface area contributed by atoms with Crippen LogP contribution in [0.5, 0.6) is 0 Å². The number of allylic oxidation sites excluding steroid dienone is 2. The van der Waals surface area contributed by atoms with Crippen LogP contribution in [0, 0.1) is 26.2 Å². The molecule has 0 unspecified atom stereocenters. The van der Waals surface area contributed by atoms with E-state index in [1.165, 1.54) is 0 Å². The molecule has 0 heterocycles. The van der Waals surface area contributed by atoms with Crippen molar-refractivity contribution in [1.29, 1.82) is 10.5 Å². The third-order valence-corrected chi connectivity index (χ3v) is 2.53. The third-order valence-electron chi connectivity index (χ3n) is 1.86. The average molecular weight is 294 g/mol.